The lowest BCUT2D eigenvalue weighted by Crippen LogP contribution is -2.17. The Bertz CT molecular complexity index is 985. The Morgan fingerprint density at radius 2 is 1.81 bits per heavy atom. The Morgan fingerprint density at radius 1 is 1.08 bits per heavy atom. The lowest BCUT2D eigenvalue weighted by Gasteiger charge is -2.11. The maximum Gasteiger partial charge on any atom is 0.273 e. The summed E-state index contributed by atoms with van der Waals surface area (Å²) in [5, 5.41) is 6.40. The van der Waals surface area contributed by atoms with Crippen LogP contribution < -0.4 is 5.32 Å². The van der Waals surface area contributed by atoms with Crippen LogP contribution in [0.25, 0.3) is 0 Å². The van der Waals surface area contributed by atoms with Crippen molar-refractivity contribution in [2.75, 3.05) is 5.32 Å². The molecule has 0 bridgehead atoms. The largest absolute Gasteiger partial charge is 0.320 e. The number of alkyl halides is 2. The van der Waals surface area contributed by atoms with Crippen molar-refractivity contribution in [1.82, 2.24) is 9.78 Å². The van der Waals surface area contributed by atoms with Crippen LogP contribution in [0.2, 0.25) is 0 Å². The number of anilines is 1. The summed E-state index contributed by atoms with van der Waals surface area (Å²) in [5.41, 5.74) is 1.29. The highest BCUT2D eigenvalue weighted by Crippen LogP contribution is 2.28. The van der Waals surface area contributed by atoms with Gasteiger partial charge in [0, 0.05) is 29.9 Å². The summed E-state index contributed by atoms with van der Waals surface area (Å²) in [6.07, 6.45) is -1.28. The third-order valence-electron chi connectivity index (χ3n) is 3.71. The number of nitrogens with one attached hydrogen (secondary N) is 1. The van der Waals surface area contributed by atoms with Gasteiger partial charge >= 0.3 is 0 Å². The standard InChI is InChI=1S/C20H15F2N3O/c1-25-18(11-12-23-25)20(26)24-17-10-9-15(13-16(17)19(21)22)8-7-14-5-3-2-4-6-14/h2-6,9-13,19H,1H3,(H,24,26). The molecule has 0 saturated carbocycles. The van der Waals surface area contributed by atoms with Gasteiger partial charge in [-0.05, 0) is 36.4 Å². The van der Waals surface area contributed by atoms with Crippen molar-refractivity contribution in [3.05, 3.63) is 83.2 Å². The molecule has 1 aromatic heterocycles. The summed E-state index contributed by atoms with van der Waals surface area (Å²) in [6.45, 7) is 0. The summed E-state index contributed by atoms with van der Waals surface area (Å²) < 4.78 is 28.2. The lowest BCUT2D eigenvalue weighted by atomic mass is 10.1. The number of aromatic nitrogens is 2. The molecule has 0 saturated heterocycles. The summed E-state index contributed by atoms with van der Waals surface area (Å²) in [4.78, 5) is 12.2. The molecule has 0 aliphatic rings. The van der Waals surface area contributed by atoms with Crippen LogP contribution in [0.15, 0.2) is 60.8 Å². The van der Waals surface area contributed by atoms with Gasteiger partial charge in [-0.2, -0.15) is 5.10 Å². The summed E-state index contributed by atoms with van der Waals surface area (Å²) in [5.74, 6) is 5.28. The molecule has 130 valence electrons. The molecule has 1 heterocycles. The normalized spacial score (nSPS) is 10.3. The minimum Gasteiger partial charge on any atom is -0.320 e. The van der Waals surface area contributed by atoms with E-state index in [1.54, 1.807) is 13.1 Å². The zero-order valence-corrected chi connectivity index (χ0v) is 13.9. The van der Waals surface area contributed by atoms with E-state index in [0.717, 1.165) is 5.56 Å². The number of carbonyl (C=O) groups is 1. The highest BCUT2D eigenvalue weighted by atomic mass is 19.3. The van der Waals surface area contributed by atoms with Gasteiger partial charge in [0.1, 0.15) is 5.69 Å². The highest BCUT2D eigenvalue weighted by Gasteiger charge is 2.17. The molecule has 6 heteroatoms. The predicted octanol–water partition coefficient (Wildman–Crippen LogP) is 4.01. The van der Waals surface area contributed by atoms with Crippen LogP contribution in [0.1, 0.15) is 33.6 Å². The van der Waals surface area contributed by atoms with E-state index >= 15 is 0 Å². The van der Waals surface area contributed by atoms with Crippen LogP contribution >= 0.6 is 0 Å². The van der Waals surface area contributed by atoms with Crippen LogP contribution in [0.4, 0.5) is 14.5 Å². The number of hydrogen-bond donors (Lipinski definition) is 1. The first-order chi connectivity index (χ1) is 12.5. The Hall–Kier alpha value is -3.46. The summed E-state index contributed by atoms with van der Waals surface area (Å²) >= 11 is 0. The fourth-order valence-corrected chi connectivity index (χ4v) is 2.38. The highest BCUT2D eigenvalue weighted by molar-refractivity contribution is 6.03. The second kappa shape index (κ2) is 7.62. The molecule has 0 aliphatic carbocycles. The average Bonchev–Trinajstić information content (AvgIpc) is 3.07. The molecule has 0 atom stereocenters. The summed E-state index contributed by atoms with van der Waals surface area (Å²) in [6, 6.07) is 15.1. The van der Waals surface area contributed by atoms with Crippen molar-refractivity contribution < 1.29 is 13.6 Å². The number of halogens is 2. The van der Waals surface area contributed by atoms with Crippen molar-refractivity contribution in [2.24, 2.45) is 7.05 Å². The van der Waals surface area contributed by atoms with Gasteiger partial charge in [-0.15, -0.1) is 0 Å². The SMILES string of the molecule is Cn1nccc1C(=O)Nc1ccc(C#Cc2ccccc2)cc1C(F)F. The third kappa shape index (κ3) is 3.95. The van der Waals surface area contributed by atoms with Crippen molar-refractivity contribution in [1.29, 1.82) is 0 Å². The monoisotopic (exact) mass is 351 g/mol. The van der Waals surface area contributed by atoms with Crippen LogP contribution in [0.5, 0.6) is 0 Å². The molecule has 3 aromatic rings. The van der Waals surface area contributed by atoms with Crippen molar-refractivity contribution in [3.63, 3.8) is 0 Å². The van der Waals surface area contributed by atoms with Gasteiger partial charge in [-0.3, -0.25) is 9.48 Å². The Kier molecular flexibility index (Phi) is 5.09. The predicted molar refractivity (Wildman–Crippen MR) is 95.0 cm³/mol. The average molecular weight is 351 g/mol. The zero-order chi connectivity index (χ0) is 18.5. The number of hydrogen-bond acceptors (Lipinski definition) is 2. The number of aryl methyl sites for hydroxylation is 1. The molecular formula is C20H15F2N3O. The minimum absolute atomic E-state index is 0.0523. The molecule has 26 heavy (non-hydrogen) atoms. The molecule has 3 rings (SSSR count). The molecule has 0 spiro atoms. The molecule has 1 N–H and O–H groups in total. The second-order valence-corrected chi connectivity index (χ2v) is 5.51. The van der Waals surface area contributed by atoms with E-state index in [2.05, 4.69) is 22.3 Å². The van der Waals surface area contributed by atoms with E-state index in [9.17, 15) is 13.6 Å². The van der Waals surface area contributed by atoms with Crippen molar-refractivity contribution in [3.8, 4) is 11.8 Å². The lowest BCUT2D eigenvalue weighted by molar-refractivity contribution is 0.101. The number of carbonyl (C=O) groups excluding carboxylic acids is 1. The van der Waals surface area contributed by atoms with Gasteiger partial charge in [0.15, 0.2) is 0 Å². The topological polar surface area (TPSA) is 46.9 Å². The van der Waals surface area contributed by atoms with E-state index in [4.69, 9.17) is 0 Å². The van der Waals surface area contributed by atoms with Crippen molar-refractivity contribution in [2.45, 2.75) is 6.43 Å². The van der Waals surface area contributed by atoms with E-state index in [1.165, 1.54) is 29.1 Å². The van der Waals surface area contributed by atoms with Gasteiger partial charge in [-0.1, -0.05) is 30.0 Å². The first kappa shape index (κ1) is 17.4. The third-order valence-corrected chi connectivity index (χ3v) is 3.71. The maximum atomic E-state index is 13.4. The number of amides is 1. The fourth-order valence-electron chi connectivity index (χ4n) is 2.38. The molecular weight excluding hydrogens is 336 g/mol. The maximum absolute atomic E-state index is 13.4. The van der Waals surface area contributed by atoms with Crippen LogP contribution in [-0.4, -0.2) is 15.7 Å². The van der Waals surface area contributed by atoms with Crippen molar-refractivity contribution >= 4 is 11.6 Å². The van der Waals surface area contributed by atoms with E-state index in [0.29, 0.717) is 5.56 Å². The molecule has 4 nitrogen and oxygen atoms in total. The molecule has 0 aliphatic heterocycles. The number of benzene rings is 2. The number of rotatable bonds is 3. The van der Waals surface area contributed by atoms with Crippen LogP contribution in [0, 0.1) is 11.8 Å². The van der Waals surface area contributed by atoms with E-state index < -0.39 is 12.3 Å². The molecule has 0 unspecified atom stereocenters. The van der Waals surface area contributed by atoms with Crippen LogP contribution in [0.3, 0.4) is 0 Å². The summed E-state index contributed by atoms with van der Waals surface area (Å²) in [7, 11) is 1.60. The van der Waals surface area contributed by atoms with Gasteiger partial charge in [0.2, 0.25) is 0 Å². The first-order valence-corrected chi connectivity index (χ1v) is 7.83. The van der Waals surface area contributed by atoms with Crippen LogP contribution in [-0.2, 0) is 7.05 Å². The molecule has 1 amide bonds. The van der Waals surface area contributed by atoms with Gasteiger partial charge in [0.25, 0.3) is 12.3 Å². The smallest absolute Gasteiger partial charge is 0.273 e. The molecule has 0 radical (unpaired) electrons. The number of nitrogens with zero attached hydrogens (tertiary/aromatic N) is 2. The Balaban J connectivity index is 1.87. The fraction of sp³-hybridized carbons (Fsp3) is 0.100. The quantitative estimate of drug-likeness (QED) is 0.725. The van der Waals surface area contributed by atoms with E-state index in [-0.39, 0.29) is 16.9 Å². The van der Waals surface area contributed by atoms with Gasteiger partial charge in [-0.25, -0.2) is 8.78 Å². The van der Waals surface area contributed by atoms with Gasteiger partial charge in [0.05, 0.1) is 5.69 Å². The molecule has 2 aromatic carbocycles. The molecule has 0 fully saturated rings. The zero-order valence-electron chi connectivity index (χ0n) is 13.9. The Morgan fingerprint density at radius 3 is 2.46 bits per heavy atom. The minimum atomic E-state index is -2.74. The second-order valence-electron chi connectivity index (χ2n) is 5.51. The first-order valence-electron chi connectivity index (χ1n) is 7.83. The van der Waals surface area contributed by atoms with E-state index in [1.807, 2.05) is 30.3 Å². The van der Waals surface area contributed by atoms with Gasteiger partial charge < -0.3 is 5.32 Å². The Labute approximate surface area is 149 Å².